The summed E-state index contributed by atoms with van der Waals surface area (Å²) in [6.07, 6.45) is 4.43. The highest BCUT2D eigenvalue weighted by Gasteiger charge is 2.23. The first-order valence-corrected chi connectivity index (χ1v) is 7.61. The molecule has 2 aromatic rings. The third kappa shape index (κ3) is 3.27. The molecule has 0 unspecified atom stereocenters. The maximum Gasteiger partial charge on any atom is 0.118 e. The highest BCUT2D eigenvalue weighted by molar-refractivity contribution is 5.27. The second kappa shape index (κ2) is 6.31. The van der Waals surface area contributed by atoms with Crippen LogP contribution in [0.5, 0.6) is 5.75 Å². The van der Waals surface area contributed by atoms with Crippen molar-refractivity contribution in [3.05, 3.63) is 47.3 Å². The van der Waals surface area contributed by atoms with Gasteiger partial charge in [-0.3, -0.25) is 10.00 Å². The fraction of sp³-hybridized carbons (Fsp3) is 0.471. The fourth-order valence-electron chi connectivity index (χ4n) is 3.19. The molecule has 1 atom stereocenters. The summed E-state index contributed by atoms with van der Waals surface area (Å²) in [5.41, 5.74) is 3.94. The van der Waals surface area contributed by atoms with E-state index in [9.17, 15) is 0 Å². The quantitative estimate of drug-likeness (QED) is 0.938. The summed E-state index contributed by atoms with van der Waals surface area (Å²) in [5.74, 6) is 1.50. The lowest BCUT2D eigenvalue weighted by atomic mass is 9.92. The van der Waals surface area contributed by atoms with Crippen molar-refractivity contribution in [1.82, 2.24) is 15.1 Å². The van der Waals surface area contributed by atoms with E-state index in [1.807, 2.05) is 18.3 Å². The first kappa shape index (κ1) is 14.1. The van der Waals surface area contributed by atoms with E-state index in [1.54, 1.807) is 7.11 Å². The molecule has 3 rings (SSSR count). The highest BCUT2D eigenvalue weighted by Crippen LogP contribution is 2.28. The lowest BCUT2D eigenvalue weighted by molar-refractivity contribution is 0.198. The molecule has 4 heteroatoms. The van der Waals surface area contributed by atoms with Crippen LogP contribution in [0.25, 0.3) is 0 Å². The number of piperidine rings is 1. The Hall–Kier alpha value is -1.81. The van der Waals surface area contributed by atoms with E-state index in [2.05, 4.69) is 34.2 Å². The van der Waals surface area contributed by atoms with Crippen molar-refractivity contribution in [3.63, 3.8) is 0 Å². The molecule has 0 saturated carbocycles. The maximum atomic E-state index is 5.21. The summed E-state index contributed by atoms with van der Waals surface area (Å²) in [6.45, 7) is 5.43. The number of nitrogens with one attached hydrogen (secondary N) is 1. The molecule has 0 aliphatic carbocycles. The number of H-pyrrole nitrogens is 1. The molecular formula is C17H23N3O. The van der Waals surface area contributed by atoms with Crippen LogP contribution < -0.4 is 4.74 Å². The average molecular weight is 285 g/mol. The van der Waals surface area contributed by atoms with Crippen molar-refractivity contribution in [2.45, 2.75) is 32.2 Å². The first-order chi connectivity index (χ1) is 10.3. The van der Waals surface area contributed by atoms with Gasteiger partial charge in [0, 0.05) is 24.7 Å². The fourth-order valence-corrected chi connectivity index (χ4v) is 3.19. The molecular weight excluding hydrogens is 262 g/mol. The van der Waals surface area contributed by atoms with Gasteiger partial charge in [0.25, 0.3) is 0 Å². The van der Waals surface area contributed by atoms with Gasteiger partial charge in [0.05, 0.1) is 13.3 Å². The van der Waals surface area contributed by atoms with Gasteiger partial charge < -0.3 is 4.74 Å². The third-order valence-electron chi connectivity index (χ3n) is 4.35. The van der Waals surface area contributed by atoms with E-state index >= 15 is 0 Å². The van der Waals surface area contributed by atoms with E-state index in [0.29, 0.717) is 5.92 Å². The zero-order valence-electron chi connectivity index (χ0n) is 12.8. The van der Waals surface area contributed by atoms with Crippen molar-refractivity contribution in [1.29, 1.82) is 0 Å². The largest absolute Gasteiger partial charge is 0.497 e. The Labute approximate surface area is 126 Å². The summed E-state index contributed by atoms with van der Waals surface area (Å²) in [6, 6.07) is 8.39. The predicted octanol–water partition coefficient (Wildman–Crippen LogP) is 3.11. The normalized spacial score (nSPS) is 19.6. The third-order valence-corrected chi connectivity index (χ3v) is 4.35. The Morgan fingerprint density at radius 1 is 1.33 bits per heavy atom. The van der Waals surface area contributed by atoms with Gasteiger partial charge in [-0.05, 0) is 49.6 Å². The smallest absolute Gasteiger partial charge is 0.118 e. The first-order valence-electron chi connectivity index (χ1n) is 7.61. The van der Waals surface area contributed by atoms with Crippen molar-refractivity contribution >= 4 is 0 Å². The Morgan fingerprint density at radius 3 is 2.81 bits per heavy atom. The molecule has 1 saturated heterocycles. The van der Waals surface area contributed by atoms with Crippen molar-refractivity contribution < 1.29 is 4.74 Å². The van der Waals surface area contributed by atoms with Crippen LogP contribution in [0.1, 0.15) is 35.6 Å². The summed E-state index contributed by atoms with van der Waals surface area (Å²) < 4.78 is 5.21. The minimum absolute atomic E-state index is 0.583. The number of benzene rings is 1. The second-order valence-corrected chi connectivity index (χ2v) is 5.89. The van der Waals surface area contributed by atoms with Crippen molar-refractivity contribution in [2.24, 2.45) is 0 Å². The molecule has 0 bridgehead atoms. The second-order valence-electron chi connectivity index (χ2n) is 5.89. The summed E-state index contributed by atoms with van der Waals surface area (Å²) in [5, 5.41) is 7.35. The van der Waals surface area contributed by atoms with Crippen LogP contribution in [0.4, 0.5) is 0 Å². The van der Waals surface area contributed by atoms with Gasteiger partial charge in [-0.1, -0.05) is 12.1 Å². The van der Waals surface area contributed by atoms with Crippen LogP contribution in [-0.2, 0) is 6.54 Å². The number of aromatic amines is 1. The molecule has 1 aliphatic rings. The number of aromatic nitrogens is 2. The number of nitrogens with zero attached hydrogens (tertiary/aromatic N) is 2. The topological polar surface area (TPSA) is 41.1 Å². The molecule has 1 N–H and O–H groups in total. The minimum atomic E-state index is 0.583. The predicted molar refractivity (Wildman–Crippen MR) is 83.6 cm³/mol. The van der Waals surface area contributed by atoms with Gasteiger partial charge in [0.1, 0.15) is 5.75 Å². The zero-order valence-corrected chi connectivity index (χ0v) is 12.8. The summed E-state index contributed by atoms with van der Waals surface area (Å²) in [7, 11) is 1.71. The number of methoxy groups -OCH3 is 1. The van der Waals surface area contributed by atoms with Crippen molar-refractivity contribution in [2.75, 3.05) is 20.2 Å². The lowest BCUT2D eigenvalue weighted by Gasteiger charge is -2.32. The van der Waals surface area contributed by atoms with E-state index in [1.165, 1.54) is 36.2 Å². The molecule has 1 aliphatic heterocycles. The van der Waals surface area contributed by atoms with Crippen molar-refractivity contribution in [3.8, 4) is 5.75 Å². The number of hydrogen-bond acceptors (Lipinski definition) is 3. The van der Waals surface area contributed by atoms with Crippen LogP contribution in [0.2, 0.25) is 0 Å². The Balaban J connectivity index is 1.64. The standard InChI is InChI=1S/C17H23N3O/c1-13-10-18-19-17(13)15-4-3-9-20(12-15)11-14-5-7-16(21-2)8-6-14/h5-8,10,15H,3-4,9,11-12H2,1-2H3,(H,18,19)/t15-/m1/s1. The van der Waals surface area contributed by atoms with Gasteiger partial charge in [0.2, 0.25) is 0 Å². The van der Waals surface area contributed by atoms with Gasteiger partial charge in [-0.15, -0.1) is 0 Å². The average Bonchev–Trinajstić information content (AvgIpc) is 2.94. The molecule has 112 valence electrons. The number of ether oxygens (including phenoxy) is 1. The van der Waals surface area contributed by atoms with Crippen LogP contribution in [-0.4, -0.2) is 35.3 Å². The SMILES string of the molecule is COc1ccc(CN2CCC[C@@H](c3[nH]ncc3C)C2)cc1. The Bertz CT molecular complexity index is 576. The highest BCUT2D eigenvalue weighted by atomic mass is 16.5. The van der Waals surface area contributed by atoms with Gasteiger partial charge in [-0.2, -0.15) is 5.10 Å². The molecule has 0 spiro atoms. The molecule has 1 fully saturated rings. The molecule has 1 aromatic carbocycles. The van der Waals surface area contributed by atoms with Crippen LogP contribution in [0.15, 0.2) is 30.5 Å². The molecule has 0 radical (unpaired) electrons. The monoisotopic (exact) mass is 285 g/mol. The van der Waals surface area contributed by atoms with E-state index < -0.39 is 0 Å². The number of hydrogen-bond donors (Lipinski definition) is 1. The molecule has 21 heavy (non-hydrogen) atoms. The molecule has 4 nitrogen and oxygen atoms in total. The van der Waals surface area contributed by atoms with Crippen LogP contribution in [0, 0.1) is 6.92 Å². The van der Waals surface area contributed by atoms with Crippen LogP contribution in [0.3, 0.4) is 0 Å². The van der Waals surface area contributed by atoms with E-state index in [4.69, 9.17) is 4.74 Å². The van der Waals surface area contributed by atoms with E-state index in [-0.39, 0.29) is 0 Å². The van der Waals surface area contributed by atoms with Gasteiger partial charge in [0.15, 0.2) is 0 Å². The van der Waals surface area contributed by atoms with Crippen LogP contribution >= 0.6 is 0 Å². The Kier molecular flexibility index (Phi) is 4.25. The number of aryl methyl sites for hydroxylation is 1. The molecule has 0 amide bonds. The Morgan fingerprint density at radius 2 is 2.14 bits per heavy atom. The molecule has 2 heterocycles. The lowest BCUT2D eigenvalue weighted by Crippen LogP contribution is -2.34. The minimum Gasteiger partial charge on any atom is -0.497 e. The molecule has 1 aromatic heterocycles. The number of likely N-dealkylation sites (tertiary alicyclic amines) is 1. The number of rotatable bonds is 4. The summed E-state index contributed by atoms with van der Waals surface area (Å²) >= 11 is 0. The maximum absolute atomic E-state index is 5.21. The van der Waals surface area contributed by atoms with Gasteiger partial charge in [-0.25, -0.2) is 0 Å². The van der Waals surface area contributed by atoms with E-state index in [0.717, 1.165) is 18.8 Å². The van der Waals surface area contributed by atoms with Gasteiger partial charge >= 0.3 is 0 Å². The summed E-state index contributed by atoms with van der Waals surface area (Å²) in [4.78, 5) is 2.54. The zero-order chi connectivity index (χ0) is 14.7.